The van der Waals surface area contributed by atoms with Gasteiger partial charge in [-0.1, -0.05) is 0 Å². The van der Waals surface area contributed by atoms with Gasteiger partial charge in [0.05, 0.1) is 6.10 Å². The van der Waals surface area contributed by atoms with Gasteiger partial charge in [-0.25, -0.2) is 0 Å². The summed E-state index contributed by atoms with van der Waals surface area (Å²) in [6.07, 6.45) is -1.59. The van der Waals surface area contributed by atoms with Crippen molar-refractivity contribution in [3.05, 3.63) is 0 Å². The highest BCUT2D eigenvalue weighted by Crippen LogP contribution is 2.05. The zero-order valence-electron chi connectivity index (χ0n) is 5.16. The van der Waals surface area contributed by atoms with Crippen molar-refractivity contribution in [2.45, 2.75) is 19.1 Å². The molecule has 0 bridgehead atoms. The van der Waals surface area contributed by atoms with Crippen LogP contribution in [0.4, 0.5) is 8.96 Å². The first-order valence-electron chi connectivity index (χ1n) is 2.48. The molecule has 0 amide bonds. The molecule has 0 unspecified atom stereocenters. The van der Waals surface area contributed by atoms with Crippen molar-refractivity contribution >= 4 is 5.97 Å². The van der Waals surface area contributed by atoms with E-state index in [0.29, 0.717) is 0 Å². The molecule has 0 aliphatic rings. The summed E-state index contributed by atoms with van der Waals surface area (Å²) >= 11 is 0. The summed E-state index contributed by atoms with van der Waals surface area (Å²) in [4.78, 5) is 9.90. The second kappa shape index (κ2) is 3.43. The number of aliphatic hydroxyl groups is 1. The number of carboxylic acid groups (broad SMARTS) is 1. The number of aliphatic carboxylic acids is 1. The molecule has 0 saturated heterocycles. The van der Waals surface area contributed by atoms with Crippen molar-refractivity contribution in [3.63, 3.8) is 0 Å². The van der Waals surface area contributed by atoms with E-state index in [4.69, 9.17) is 10.2 Å². The van der Waals surface area contributed by atoms with E-state index in [1.165, 1.54) is 0 Å². The second-order valence-corrected chi connectivity index (χ2v) is 1.78. The van der Waals surface area contributed by atoms with Gasteiger partial charge in [-0.2, -0.15) is 0 Å². The SMILES string of the molecule is C[C@@H](O)[C@@H](C(=O)O)N(F)F. The van der Waals surface area contributed by atoms with Crippen LogP contribution in [0.3, 0.4) is 0 Å². The molecular weight excluding hydrogens is 148 g/mol. The third kappa shape index (κ3) is 2.24. The molecule has 10 heavy (non-hydrogen) atoms. The standard InChI is InChI=1S/C4H7F2NO3/c1-2(8)3(4(9)10)7(5)6/h2-3,8H,1H3,(H,9,10)/t2-,3+/m1/s1. The summed E-state index contributed by atoms with van der Waals surface area (Å²) in [7, 11) is 0. The number of carbonyl (C=O) groups is 1. The van der Waals surface area contributed by atoms with Gasteiger partial charge < -0.3 is 10.2 Å². The Morgan fingerprint density at radius 1 is 1.60 bits per heavy atom. The molecular formula is C4H7F2NO3. The fraction of sp³-hybridized carbons (Fsp3) is 0.750. The van der Waals surface area contributed by atoms with Crippen molar-refractivity contribution in [2.75, 3.05) is 0 Å². The first-order valence-corrected chi connectivity index (χ1v) is 2.48. The number of hydrogen-bond donors (Lipinski definition) is 2. The zero-order valence-corrected chi connectivity index (χ0v) is 5.16. The average Bonchev–Trinajstić information content (AvgIpc) is 1.59. The van der Waals surface area contributed by atoms with Crippen LogP contribution >= 0.6 is 0 Å². The number of aliphatic hydroxyl groups excluding tert-OH is 1. The van der Waals surface area contributed by atoms with Gasteiger partial charge in [-0.15, -0.1) is 8.96 Å². The van der Waals surface area contributed by atoms with Gasteiger partial charge in [0, 0.05) is 5.34 Å². The molecule has 0 saturated carbocycles. The minimum atomic E-state index is -2.14. The lowest BCUT2D eigenvalue weighted by Gasteiger charge is -2.13. The van der Waals surface area contributed by atoms with E-state index < -0.39 is 23.5 Å². The van der Waals surface area contributed by atoms with E-state index in [0.717, 1.165) is 6.92 Å². The summed E-state index contributed by atoms with van der Waals surface area (Å²) in [6.45, 7) is 0.977. The number of rotatable bonds is 3. The fourth-order valence-electron chi connectivity index (χ4n) is 0.453. The van der Waals surface area contributed by atoms with Gasteiger partial charge >= 0.3 is 5.97 Å². The van der Waals surface area contributed by atoms with Gasteiger partial charge in [0.15, 0.2) is 6.04 Å². The van der Waals surface area contributed by atoms with Crippen LogP contribution in [0.5, 0.6) is 0 Å². The molecule has 60 valence electrons. The summed E-state index contributed by atoms with van der Waals surface area (Å²) in [5, 5.41) is 14.9. The Labute approximate surface area is 55.5 Å². The minimum Gasteiger partial charge on any atom is -0.480 e. The number of nitrogens with zero attached hydrogens (tertiary/aromatic N) is 1. The Hall–Kier alpha value is -0.750. The largest absolute Gasteiger partial charge is 0.480 e. The highest BCUT2D eigenvalue weighted by Gasteiger charge is 2.31. The topological polar surface area (TPSA) is 60.8 Å². The summed E-state index contributed by atoms with van der Waals surface area (Å²) < 4.78 is 23.0. The molecule has 0 rings (SSSR count). The predicted molar refractivity (Wildman–Crippen MR) is 27.2 cm³/mol. The summed E-state index contributed by atoms with van der Waals surface area (Å²) in [6, 6.07) is -2.14. The maximum absolute atomic E-state index is 11.5. The molecule has 0 spiro atoms. The van der Waals surface area contributed by atoms with Crippen LogP contribution in [0.1, 0.15) is 6.92 Å². The predicted octanol–water partition coefficient (Wildman–Crippen LogP) is -0.109. The average molecular weight is 155 g/mol. The summed E-state index contributed by atoms with van der Waals surface area (Å²) in [5.74, 6) is -1.75. The molecule has 0 heterocycles. The first-order chi connectivity index (χ1) is 4.46. The van der Waals surface area contributed by atoms with Crippen LogP contribution in [0, 0.1) is 0 Å². The Kier molecular flexibility index (Phi) is 3.17. The Balaban J connectivity index is 4.12. The normalized spacial score (nSPS) is 16.9. The Morgan fingerprint density at radius 3 is 2.00 bits per heavy atom. The van der Waals surface area contributed by atoms with E-state index in [-0.39, 0.29) is 0 Å². The monoisotopic (exact) mass is 155 g/mol. The second-order valence-electron chi connectivity index (χ2n) is 1.78. The van der Waals surface area contributed by atoms with E-state index in [1.807, 2.05) is 0 Å². The maximum Gasteiger partial charge on any atom is 0.329 e. The lowest BCUT2D eigenvalue weighted by molar-refractivity contribution is -0.216. The number of halogens is 2. The Morgan fingerprint density at radius 2 is 2.00 bits per heavy atom. The molecule has 0 aromatic heterocycles. The van der Waals surface area contributed by atoms with Crippen molar-refractivity contribution in [2.24, 2.45) is 0 Å². The van der Waals surface area contributed by atoms with Crippen LogP contribution in [-0.4, -0.2) is 33.7 Å². The first kappa shape index (κ1) is 9.25. The molecule has 0 fully saturated rings. The van der Waals surface area contributed by atoms with Crippen molar-refractivity contribution in [1.29, 1.82) is 0 Å². The van der Waals surface area contributed by atoms with E-state index >= 15 is 0 Å². The van der Waals surface area contributed by atoms with Crippen LogP contribution in [-0.2, 0) is 4.79 Å². The van der Waals surface area contributed by atoms with Gasteiger partial charge in [-0.05, 0) is 6.92 Å². The Bertz CT molecular complexity index is 120. The third-order valence-electron chi connectivity index (χ3n) is 0.920. The molecule has 0 aromatic carbocycles. The number of hydrogen-bond acceptors (Lipinski definition) is 3. The lowest BCUT2D eigenvalue weighted by Crippen LogP contribution is -2.39. The summed E-state index contributed by atoms with van der Waals surface area (Å²) in [5.41, 5.74) is 0. The highest BCUT2D eigenvalue weighted by atomic mass is 19.4. The van der Waals surface area contributed by atoms with E-state index in [2.05, 4.69) is 0 Å². The van der Waals surface area contributed by atoms with E-state index in [9.17, 15) is 13.8 Å². The van der Waals surface area contributed by atoms with Gasteiger partial charge in [0.25, 0.3) is 0 Å². The quantitative estimate of drug-likeness (QED) is 0.558. The van der Waals surface area contributed by atoms with Crippen molar-refractivity contribution in [1.82, 2.24) is 5.34 Å². The van der Waals surface area contributed by atoms with Crippen molar-refractivity contribution < 1.29 is 24.0 Å². The third-order valence-corrected chi connectivity index (χ3v) is 0.920. The van der Waals surface area contributed by atoms with Gasteiger partial charge in [0.2, 0.25) is 0 Å². The van der Waals surface area contributed by atoms with Gasteiger partial charge in [-0.3, -0.25) is 4.79 Å². The zero-order chi connectivity index (χ0) is 8.31. The molecule has 4 nitrogen and oxygen atoms in total. The maximum atomic E-state index is 11.5. The molecule has 0 aromatic rings. The van der Waals surface area contributed by atoms with Gasteiger partial charge in [0.1, 0.15) is 0 Å². The van der Waals surface area contributed by atoms with Crippen LogP contribution in [0.15, 0.2) is 0 Å². The highest BCUT2D eigenvalue weighted by molar-refractivity contribution is 5.73. The molecule has 0 radical (unpaired) electrons. The van der Waals surface area contributed by atoms with Crippen LogP contribution < -0.4 is 0 Å². The molecule has 2 N–H and O–H groups in total. The minimum absolute atomic E-state index is 0.977. The number of carboxylic acids is 1. The van der Waals surface area contributed by atoms with E-state index in [1.54, 1.807) is 0 Å². The fourth-order valence-corrected chi connectivity index (χ4v) is 0.453. The molecule has 0 aliphatic heterocycles. The molecule has 2 atom stereocenters. The molecule has 0 aliphatic carbocycles. The smallest absolute Gasteiger partial charge is 0.329 e. The van der Waals surface area contributed by atoms with Crippen LogP contribution in [0.2, 0.25) is 0 Å². The van der Waals surface area contributed by atoms with Crippen LogP contribution in [0.25, 0.3) is 0 Å². The lowest BCUT2D eigenvalue weighted by atomic mass is 10.2. The molecule has 6 heteroatoms. The van der Waals surface area contributed by atoms with Crippen molar-refractivity contribution in [3.8, 4) is 0 Å².